The molecule has 1 N–H and O–H groups in total. The molecule has 0 spiro atoms. The molecule has 0 radical (unpaired) electrons. The largest absolute Gasteiger partial charge is 0.337 e. The van der Waals surface area contributed by atoms with E-state index in [1.807, 2.05) is 30.3 Å². The Kier molecular flexibility index (Phi) is 5.28. The highest BCUT2D eigenvalue weighted by atomic mass is 35.5. The first kappa shape index (κ1) is 16.3. The minimum atomic E-state index is -0.103. The van der Waals surface area contributed by atoms with Crippen molar-refractivity contribution in [1.82, 2.24) is 20.2 Å². The van der Waals surface area contributed by atoms with Gasteiger partial charge in [-0.05, 0) is 29.8 Å². The molecular formula is C17H18ClN5O. The van der Waals surface area contributed by atoms with Crippen LogP contribution in [-0.4, -0.2) is 47.1 Å². The third-order valence-corrected chi connectivity index (χ3v) is 4.01. The fraction of sp³-hybridized carbons (Fsp3) is 0.235. The molecule has 0 unspecified atom stereocenters. The number of benzene rings is 1. The van der Waals surface area contributed by atoms with Crippen LogP contribution in [0.5, 0.6) is 0 Å². The molecule has 1 aliphatic rings. The lowest BCUT2D eigenvalue weighted by molar-refractivity contribution is 0.198. The Hall–Kier alpha value is -2.60. The van der Waals surface area contributed by atoms with Crippen LogP contribution in [0.15, 0.2) is 48.9 Å². The summed E-state index contributed by atoms with van der Waals surface area (Å²) in [4.78, 5) is 24.5. The second kappa shape index (κ2) is 7.79. The number of urea groups is 1. The second-order valence-corrected chi connectivity index (χ2v) is 5.79. The molecule has 7 heteroatoms. The first-order chi connectivity index (χ1) is 11.7. The average molecular weight is 344 g/mol. The maximum Gasteiger partial charge on any atom is 0.321 e. The van der Waals surface area contributed by atoms with Gasteiger partial charge in [-0.3, -0.25) is 0 Å². The van der Waals surface area contributed by atoms with Gasteiger partial charge >= 0.3 is 6.03 Å². The van der Waals surface area contributed by atoms with Crippen molar-refractivity contribution in [3.05, 3.63) is 59.5 Å². The van der Waals surface area contributed by atoms with Crippen molar-refractivity contribution in [1.29, 1.82) is 0 Å². The number of rotatable bonds is 3. The molecular weight excluding hydrogens is 326 g/mol. The first-order valence-corrected chi connectivity index (χ1v) is 8.10. The molecule has 1 aromatic carbocycles. The van der Waals surface area contributed by atoms with E-state index in [0.29, 0.717) is 24.1 Å². The molecule has 2 aromatic rings. The van der Waals surface area contributed by atoms with Gasteiger partial charge in [-0.1, -0.05) is 23.7 Å². The van der Waals surface area contributed by atoms with Crippen molar-refractivity contribution < 1.29 is 4.79 Å². The fourth-order valence-corrected chi connectivity index (χ4v) is 2.56. The Morgan fingerprint density at radius 3 is 2.42 bits per heavy atom. The molecule has 0 saturated carbocycles. The lowest BCUT2D eigenvalue weighted by atomic mass is 10.2. The SMILES string of the molecule is O=C(N/C=C/c1ccc(Cl)cc1)N1CCN(c2ncccn2)CC1. The minimum absolute atomic E-state index is 0.103. The monoisotopic (exact) mass is 343 g/mol. The number of carbonyl (C=O) groups is 1. The van der Waals surface area contributed by atoms with Crippen LogP contribution in [0.2, 0.25) is 5.02 Å². The molecule has 1 aliphatic heterocycles. The summed E-state index contributed by atoms with van der Waals surface area (Å²) in [5.41, 5.74) is 0.978. The number of aromatic nitrogens is 2. The van der Waals surface area contributed by atoms with Crippen LogP contribution in [0.3, 0.4) is 0 Å². The highest BCUT2D eigenvalue weighted by molar-refractivity contribution is 6.30. The van der Waals surface area contributed by atoms with Crippen LogP contribution in [0.1, 0.15) is 5.56 Å². The number of halogens is 1. The molecule has 2 amide bonds. The minimum Gasteiger partial charge on any atom is -0.337 e. The van der Waals surface area contributed by atoms with Crippen molar-refractivity contribution in [2.24, 2.45) is 0 Å². The molecule has 2 heterocycles. The lowest BCUT2D eigenvalue weighted by Crippen LogP contribution is -2.51. The van der Waals surface area contributed by atoms with Crippen LogP contribution in [0.4, 0.5) is 10.7 Å². The van der Waals surface area contributed by atoms with Crippen LogP contribution >= 0.6 is 11.6 Å². The molecule has 0 bridgehead atoms. The van der Waals surface area contributed by atoms with E-state index in [-0.39, 0.29) is 6.03 Å². The van der Waals surface area contributed by atoms with Gasteiger partial charge in [-0.15, -0.1) is 0 Å². The van der Waals surface area contributed by atoms with Gasteiger partial charge in [0.05, 0.1) is 0 Å². The van der Waals surface area contributed by atoms with E-state index in [2.05, 4.69) is 20.2 Å². The van der Waals surface area contributed by atoms with Gasteiger partial charge in [-0.25, -0.2) is 14.8 Å². The van der Waals surface area contributed by atoms with Crippen LogP contribution in [0.25, 0.3) is 6.08 Å². The summed E-state index contributed by atoms with van der Waals surface area (Å²) in [5, 5.41) is 3.48. The van der Waals surface area contributed by atoms with Crippen LogP contribution < -0.4 is 10.2 Å². The van der Waals surface area contributed by atoms with Crippen molar-refractivity contribution in [2.75, 3.05) is 31.1 Å². The normalized spacial score (nSPS) is 14.9. The quantitative estimate of drug-likeness (QED) is 0.930. The van der Waals surface area contributed by atoms with Gasteiger partial charge in [-0.2, -0.15) is 0 Å². The average Bonchev–Trinajstić information content (AvgIpc) is 2.64. The summed E-state index contributed by atoms with van der Waals surface area (Å²) >= 11 is 5.84. The summed E-state index contributed by atoms with van der Waals surface area (Å²) in [6.45, 7) is 2.72. The summed E-state index contributed by atoms with van der Waals surface area (Å²) in [7, 11) is 0. The van der Waals surface area contributed by atoms with Gasteiger partial charge in [0.15, 0.2) is 0 Å². The van der Waals surface area contributed by atoms with Gasteiger partial charge in [0.1, 0.15) is 0 Å². The summed E-state index contributed by atoms with van der Waals surface area (Å²) in [6.07, 6.45) is 6.94. The van der Waals surface area contributed by atoms with E-state index < -0.39 is 0 Å². The Morgan fingerprint density at radius 2 is 1.75 bits per heavy atom. The molecule has 3 rings (SSSR count). The van der Waals surface area contributed by atoms with Gasteiger partial charge in [0.25, 0.3) is 0 Å². The summed E-state index contributed by atoms with van der Waals surface area (Å²) in [6, 6.07) is 9.10. The van der Waals surface area contributed by atoms with E-state index in [1.54, 1.807) is 29.6 Å². The Bertz CT molecular complexity index is 697. The molecule has 0 aliphatic carbocycles. The van der Waals surface area contributed by atoms with Crippen molar-refractivity contribution in [3.8, 4) is 0 Å². The molecule has 1 fully saturated rings. The third-order valence-electron chi connectivity index (χ3n) is 3.75. The van der Waals surface area contributed by atoms with Crippen LogP contribution in [0, 0.1) is 0 Å². The number of hydrogen-bond acceptors (Lipinski definition) is 4. The number of nitrogens with zero attached hydrogens (tertiary/aromatic N) is 4. The highest BCUT2D eigenvalue weighted by Crippen LogP contribution is 2.11. The lowest BCUT2D eigenvalue weighted by Gasteiger charge is -2.34. The highest BCUT2D eigenvalue weighted by Gasteiger charge is 2.21. The van der Waals surface area contributed by atoms with E-state index >= 15 is 0 Å². The molecule has 124 valence electrons. The number of piperazine rings is 1. The van der Waals surface area contributed by atoms with Crippen molar-refractivity contribution >= 4 is 29.7 Å². The van der Waals surface area contributed by atoms with E-state index in [9.17, 15) is 4.79 Å². The maximum absolute atomic E-state index is 12.2. The number of nitrogens with one attached hydrogen (secondary N) is 1. The predicted octanol–water partition coefficient (Wildman–Crippen LogP) is 2.63. The number of carbonyl (C=O) groups excluding carboxylic acids is 1. The Morgan fingerprint density at radius 1 is 1.08 bits per heavy atom. The zero-order valence-corrected chi connectivity index (χ0v) is 13.9. The molecule has 24 heavy (non-hydrogen) atoms. The summed E-state index contributed by atoms with van der Waals surface area (Å²) in [5.74, 6) is 0.709. The number of anilines is 1. The standard InChI is InChI=1S/C17H18ClN5O/c18-15-4-2-14(3-5-15)6-9-21-17(24)23-12-10-22(11-13-23)16-19-7-1-8-20-16/h1-9H,10-13H2,(H,21,24)/b9-6+. The van der Waals surface area contributed by atoms with Crippen molar-refractivity contribution in [3.63, 3.8) is 0 Å². The smallest absolute Gasteiger partial charge is 0.321 e. The topological polar surface area (TPSA) is 61.4 Å². The molecule has 0 atom stereocenters. The predicted molar refractivity (Wildman–Crippen MR) is 94.8 cm³/mol. The van der Waals surface area contributed by atoms with E-state index in [1.165, 1.54) is 0 Å². The van der Waals surface area contributed by atoms with E-state index in [0.717, 1.165) is 18.7 Å². The van der Waals surface area contributed by atoms with Gasteiger partial charge in [0.2, 0.25) is 5.95 Å². The molecule has 1 aromatic heterocycles. The number of amides is 2. The van der Waals surface area contributed by atoms with Gasteiger partial charge in [0, 0.05) is 49.8 Å². The second-order valence-electron chi connectivity index (χ2n) is 5.36. The third kappa shape index (κ3) is 4.23. The maximum atomic E-state index is 12.2. The number of hydrogen-bond donors (Lipinski definition) is 1. The Labute approximate surface area is 145 Å². The Balaban J connectivity index is 1.47. The summed E-state index contributed by atoms with van der Waals surface area (Å²) < 4.78 is 0. The fourth-order valence-electron chi connectivity index (χ4n) is 2.44. The van der Waals surface area contributed by atoms with E-state index in [4.69, 9.17) is 11.6 Å². The zero-order chi connectivity index (χ0) is 16.8. The van der Waals surface area contributed by atoms with Crippen LogP contribution in [-0.2, 0) is 0 Å². The first-order valence-electron chi connectivity index (χ1n) is 7.72. The molecule has 1 saturated heterocycles. The van der Waals surface area contributed by atoms with Crippen molar-refractivity contribution in [2.45, 2.75) is 0 Å². The molecule has 6 nitrogen and oxygen atoms in total. The van der Waals surface area contributed by atoms with Gasteiger partial charge < -0.3 is 15.1 Å². The zero-order valence-electron chi connectivity index (χ0n) is 13.1.